The van der Waals surface area contributed by atoms with Gasteiger partial charge in [0.2, 0.25) is 0 Å². The van der Waals surface area contributed by atoms with Gasteiger partial charge in [0.05, 0.1) is 0 Å². The third kappa shape index (κ3) is 1.22. The van der Waals surface area contributed by atoms with Crippen LogP contribution in [0.2, 0.25) is 0 Å². The van der Waals surface area contributed by atoms with Crippen molar-refractivity contribution in [2.75, 3.05) is 0 Å². The number of hydrogen-bond donors (Lipinski definition) is 1. The minimum atomic E-state index is 0.159. The molecule has 1 unspecified atom stereocenters. The van der Waals surface area contributed by atoms with E-state index in [4.69, 9.17) is 0 Å². The Morgan fingerprint density at radius 3 is 3.06 bits per heavy atom. The maximum Gasteiger partial charge on any atom is 0.0465 e. The van der Waals surface area contributed by atoms with Gasteiger partial charge in [0.15, 0.2) is 0 Å². The van der Waals surface area contributed by atoms with Crippen molar-refractivity contribution in [3.63, 3.8) is 0 Å². The van der Waals surface area contributed by atoms with E-state index in [1.165, 1.54) is 27.0 Å². The Morgan fingerprint density at radius 2 is 2.11 bits per heavy atom. The lowest BCUT2D eigenvalue weighted by Crippen LogP contribution is -2.33. The molecule has 1 nitrogen and oxygen atoms in total. The first kappa shape index (κ1) is 9.95. The van der Waals surface area contributed by atoms with Gasteiger partial charge in [-0.15, -0.1) is 0 Å². The Kier molecular flexibility index (Phi) is 1.80. The zero-order valence-corrected chi connectivity index (χ0v) is 10.4. The second kappa shape index (κ2) is 3.26. The summed E-state index contributed by atoms with van der Waals surface area (Å²) in [6.45, 7) is 2.32. The molecule has 18 heavy (non-hydrogen) atoms. The number of hydrogen-bond acceptors (Lipinski definition) is 0. The highest BCUT2D eigenvalue weighted by Crippen LogP contribution is 2.38. The van der Waals surface area contributed by atoms with Gasteiger partial charge < -0.3 is 4.98 Å². The summed E-state index contributed by atoms with van der Waals surface area (Å²) in [5.41, 5.74) is 2.79. The Morgan fingerprint density at radius 1 is 1.22 bits per heavy atom. The Labute approximate surface area is 106 Å². The number of nitrogens with one attached hydrogen (secondary N) is 1. The minimum Gasteiger partial charge on any atom is -0.355 e. The van der Waals surface area contributed by atoms with Crippen LogP contribution in [-0.2, 0) is 0 Å². The van der Waals surface area contributed by atoms with E-state index in [0.29, 0.717) is 0 Å². The quantitative estimate of drug-likeness (QED) is 0.720. The predicted octanol–water partition coefficient (Wildman–Crippen LogP) is 2.64. The van der Waals surface area contributed by atoms with E-state index in [9.17, 15) is 0 Å². The second-order valence-corrected chi connectivity index (χ2v) is 5.46. The van der Waals surface area contributed by atoms with E-state index in [-0.39, 0.29) is 5.41 Å². The molecule has 88 valence electrons. The van der Waals surface area contributed by atoms with Gasteiger partial charge in [0.1, 0.15) is 0 Å². The van der Waals surface area contributed by atoms with Gasteiger partial charge >= 0.3 is 0 Å². The van der Waals surface area contributed by atoms with Gasteiger partial charge in [-0.3, -0.25) is 0 Å². The summed E-state index contributed by atoms with van der Waals surface area (Å²) in [4.78, 5) is 3.51. The van der Waals surface area contributed by atoms with E-state index >= 15 is 0 Å². The highest BCUT2D eigenvalue weighted by molar-refractivity contribution is 5.83. The Bertz CT molecular complexity index is 817. The first-order valence-corrected chi connectivity index (χ1v) is 6.45. The molecule has 0 fully saturated rings. The number of fused-ring (bicyclic) bond motifs is 4. The maximum absolute atomic E-state index is 3.51. The standard InChI is InChI=1S/C17H15N/c1-17-9-5-4-6-12(17)10-16-14(11-17)13-7-2-3-8-15(13)18-16/h2-8,10-11,18H,9H2,1H3. The van der Waals surface area contributed by atoms with Crippen molar-refractivity contribution >= 4 is 23.1 Å². The fourth-order valence-corrected chi connectivity index (χ4v) is 3.08. The van der Waals surface area contributed by atoms with Gasteiger partial charge in [-0.05, 0) is 24.1 Å². The molecule has 0 saturated carbocycles. The zero-order valence-electron chi connectivity index (χ0n) is 10.4. The number of allylic oxidation sites excluding steroid dienone is 4. The van der Waals surface area contributed by atoms with Crippen LogP contribution in [0.25, 0.3) is 23.1 Å². The molecule has 0 saturated heterocycles. The summed E-state index contributed by atoms with van der Waals surface area (Å²) in [5, 5.41) is 3.94. The van der Waals surface area contributed by atoms with Gasteiger partial charge in [-0.25, -0.2) is 0 Å². The van der Waals surface area contributed by atoms with Crippen molar-refractivity contribution in [2.24, 2.45) is 5.41 Å². The van der Waals surface area contributed by atoms with Crippen LogP contribution < -0.4 is 10.6 Å². The fourth-order valence-electron chi connectivity index (χ4n) is 3.08. The molecule has 0 radical (unpaired) electrons. The molecular weight excluding hydrogens is 218 g/mol. The molecule has 1 aromatic heterocycles. The normalized spacial score (nSPS) is 24.8. The second-order valence-electron chi connectivity index (χ2n) is 5.46. The van der Waals surface area contributed by atoms with Gasteiger partial charge in [0, 0.05) is 26.9 Å². The maximum atomic E-state index is 3.51. The van der Waals surface area contributed by atoms with Crippen molar-refractivity contribution in [3.05, 3.63) is 58.6 Å². The lowest BCUT2D eigenvalue weighted by Gasteiger charge is -2.30. The summed E-state index contributed by atoms with van der Waals surface area (Å²) >= 11 is 0. The molecule has 1 N–H and O–H groups in total. The molecule has 2 aliphatic carbocycles. The molecule has 1 heterocycles. The van der Waals surface area contributed by atoms with Crippen molar-refractivity contribution in [3.8, 4) is 0 Å². The molecule has 4 rings (SSSR count). The van der Waals surface area contributed by atoms with Crippen LogP contribution in [0.4, 0.5) is 0 Å². The monoisotopic (exact) mass is 233 g/mol. The number of para-hydroxylation sites is 1. The molecule has 2 aliphatic rings. The molecule has 0 aliphatic heterocycles. The topological polar surface area (TPSA) is 15.8 Å². The number of benzene rings is 1. The highest BCUT2D eigenvalue weighted by Gasteiger charge is 2.28. The number of rotatable bonds is 0. The van der Waals surface area contributed by atoms with Gasteiger partial charge in [-0.1, -0.05) is 49.4 Å². The summed E-state index contributed by atoms with van der Waals surface area (Å²) in [6.07, 6.45) is 12.5. The average molecular weight is 233 g/mol. The fraction of sp³-hybridized carbons (Fsp3) is 0.176. The molecule has 1 atom stereocenters. The SMILES string of the molecule is CC12C=c3c([nH]c4ccccc34)=CC1=CC=CC2. The van der Waals surface area contributed by atoms with E-state index < -0.39 is 0 Å². The molecule has 0 amide bonds. The van der Waals surface area contributed by atoms with Crippen molar-refractivity contribution in [1.82, 2.24) is 4.98 Å². The van der Waals surface area contributed by atoms with Crippen LogP contribution >= 0.6 is 0 Å². The Hall–Kier alpha value is -2.02. The third-order valence-electron chi connectivity index (χ3n) is 4.15. The van der Waals surface area contributed by atoms with Crippen LogP contribution in [0.3, 0.4) is 0 Å². The van der Waals surface area contributed by atoms with Crippen molar-refractivity contribution in [2.45, 2.75) is 13.3 Å². The number of aromatic amines is 1. The smallest absolute Gasteiger partial charge is 0.0465 e. The number of aromatic nitrogens is 1. The largest absolute Gasteiger partial charge is 0.355 e. The first-order valence-electron chi connectivity index (χ1n) is 6.45. The first-order chi connectivity index (χ1) is 8.76. The van der Waals surface area contributed by atoms with E-state index in [1.807, 2.05) is 0 Å². The molecule has 0 spiro atoms. The van der Waals surface area contributed by atoms with Crippen LogP contribution in [0, 0.1) is 5.41 Å². The lowest BCUT2D eigenvalue weighted by atomic mass is 9.74. The lowest BCUT2D eigenvalue weighted by molar-refractivity contribution is 0.570. The highest BCUT2D eigenvalue weighted by atomic mass is 14.7. The van der Waals surface area contributed by atoms with Crippen molar-refractivity contribution < 1.29 is 0 Å². The van der Waals surface area contributed by atoms with Gasteiger partial charge in [0.25, 0.3) is 0 Å². The Balaban J connectivity index is 2.16. The summed E-state index contributed by atoms with van der Waals surface area (Å²) in [6, 6.07) is 8.54. The third-order valence-corrected chi connectivity index (χ3v) is 4.15. The van der Waals surface area contributed by atoms with E-state index in [0.717, 1.165) is 6.42 Å². The van der Waals surface area contributed by atoms with Crippen LogP contribution in [0.1, 0.15) is 13.3 Å². The predicted molar refractivity (Wildman–Crippen MR) is 76.4 cm³/mol. The average Bonchev–Trinajstić information content (AvgIpc) is 2.73. The molecule has 1 aromatic carbocycles. The summed E-state index contributed by atoms with van der Waals surface area (Å²) in [7, 11) is 0. The summed E-state index contributed by atoms with van der Waals surface area (Å²) in [5.74, 6) is 0. The molecule has 1 heteroatoms. The van der Waals surface area contributed by atoms with Crippen molar-refractivity contribution in [1.29, 1.82) is 0 Å². The van der Waals surface area contributed by atoms with Crippen LogP contribution in [-0.4, -0.2) is 4.98 Å². The van der Waals surface area contributed by atoms with Gasteiger partial charge in [-0.2, -0.15) is 0 Å². The van der Waals surface area contributed by atoms with E-state index in [1.54, 1.807) is 0 Å². The van der Waals surface area contributed by atoms with E-state index in [2.05, 4.69) is 66.6 Å². The zero-order chi connectivity index (χ0) is 12.2. The summed E-state index contributed by atoms with van der Waals surface area (Å²) < 4.78 is 0. The molecule has 2 aromatic rings. The van der Waals surface area contributed by atoms with Crippen LogP contribution in [0.5, 0.6) is 0 Å². The minimum absolute atomic E-state index is 0.159. The molecular formula is C17H15N. The van der Waals surface area contributed by atoms with Crippen LogP contribution in [0.15, 0.2) is 48.1 Å². The number of H-pyrrole nitrogens is 1. The molecule has 0 bridgehead atoms.